The molecule has 0 saturated heterocycles. The lowest BCUT2D eigenvalue weighted by Gasteiger charge is -2.03. The van der Waals surface area contributed by atoms with Gasteiger partial charge in [0.15, 0.2) is 5.78 Å². The molecule has 2 heterocycles. The molecule has 0 spiro atoms. The number of aryl methyl sites for hydroxylation is 1. The lowest BCUT2D eigenvalue weighted by atomic mass is 10.1. The normalized spacial score (nSPS) is 10.4. The quantitative estimate of drug-likeness (QED) is 0.793. The summed E-state index contributed by atoms with van der Waals surface area (Å²) in [5.74, 6) is 0.428. The predicted molar refractivity (Wildman–Crippen MR) is 67.0 cm³/mol. The Kier molecular flexibility index (Phi) is 3.62. The van der Waals surface area contributed by atoms with Crippen LogP contribution in [0.15, 0.2) is 24.5 Å². The zero-order chi connectivity index (χ0) is 13.1. The summed E-state index contributed by atoms with van der Waals surface area (Å²) in [6.45, 7) is 0. The summed E-state index contributed by atoms with van der Waals surface area (Å²) in [7, 11) is 3.23. The van der Waals surface area contributed by atoms with Crippen LogP contribution < -0.4 is 4.74 Å². The van der Waals surface area contributed by atoms with Gasteiger partial charge in [0, 0.05) is 25.7 Å². The first-order chi connectivity index (χ1) is 8.61. The molecule has 0 fully saturated rings. The molecular formula is C12H12ClN3O2. The summed E-state index contributed by atoms with van der Waals surface area (Å²) in [5, 5.41) is 4.30. The van der Waals surface area contributed by atoms with Crippen molar-refractivity contribution in [3.63, 3.8) is 0 Å². The van der Waals surface area contributed by atoms with Gasteiger partial charge in [-0.3, -0.25) is 9.48 Å². The smallest absolute Gasteiger partial charge is 0.212 e. The summed E-state index contributed by atoms with van der Waals surface area (Å²) in [6.07, 6.45) is 3.30. The van der Waals surface area contributed by atoms with E-state index in [1.807, 2.05) is 0 Å². The van der Waals surface area contributed by atoms with Crippen molar-refractivity contribution >= 4 is 17.4 Å². The van der Waals surface area contributed by atoms with Crippen LogP contribution in [0, 0.1) is 0 Å². The predicted octanol–water partition coefficient (Wildman–Crippen LogP) is 1.90. The highest BCUT2D eigenvalue weighted by Crippen LogP contribution is 2.17. The van der Waals surface area contributed by atoms with E-state index in [0.717, 1.165) is 5.56 Å². The third-order valence-corrected chi connectivity index (χ3v) is 2.81. The molecular weight excluding hydrogens is 254 g/mol. The number of carbonyl (C=O) groups excluding carboxylic acids is 1. The van der Waals surface area contributed by atoms with Gasteiger partial charge in [0.25, 0.3) is 0 Å². The Morgan fingerprint density at radius 2 is 2.22 bits per heavy atom. The molecule has 2 aromatic rings. The van der Waals surface area contributed by atoms with Gasteiger partial charge in [-0.05, 0) is 5.56 Å². The fourth-order valence-electron chi connectivity index (χ4n) is 1.63. The molecule has 2 aromatic heterocycles. The summed E-state index contributed by atoms with van der Waals surface area (Å²) in [5.41, 5.74) is 1.21. The number of rotatable bonds is 4. The maximum Gasteiger partial charge on any atom is 0.212 e. The van der Waals surface area contributed by atoms with Gasteiger partial charge in [0.1, 0.15) is 5.69 Å². The fraction of sp³-hybridized carbons (Fsp3) is 0.250. The van der Waals surface area contributed by atoms with Crippen molar-refractivity contribution in [1.29, 1.82) is 0 Å². The van der Waals surface area contributed by atoms with Gasteiger partial charge in [-0.25, -0.2) is 4.98 Å². The zero-order valence-electron chi connectivity index (χ0n) is 10.1. The topological polar surface area (TPSA) is 57.0 Å². The summed E-state index contributed by atoms with van der Waals surface area (Å²) in [6, 6.07) is 3.52. The summed E-state index contributed by atoms with van der Waals surface area (Å²) in [4.78, 5) is 16.1. The van der Waals surface area contributed by atoms with E-state index in [2.05, 4.69) is 10.1 Å². The van der Waals surface area contributed by atoms with Gasteiger partial charge in [-0.15, -0.1) is 0 Å². The van der Waals surface area contributed by atoms with E-state index in [0.29, 0.717) is 16.6 Å². The number of Topliss-reactive ketones (excluding diaryl/α,β-unsaturated/α-hetero) is 1. The molecule has 5 nitrogen and oxygen atoms in total. The van der Waals surface area contributed by atoms with Gasteiger partial charge in [0.2, 0.25) is 5.88 Å². The Bertz CT molecular complexity index is 544. The zero-order valence-corrected chi connectivity index (χ0v) is 10.8. The van der Waals surface area contributed by atoms with Crippen LogP contribution >= 0.6 is 11.6 Å². The van der Waals surface area contributed by atoms with Crippen molar-refractivity contribution in [2.24, 2.45) is 7.05 Å². The molecule has 0 radical (unpaired) electrons. The Hall–Kier alpha value is -1.88. The maximum absolute atomic E-state index is 12.1. The average Bonchev–Trinajstić information content (AvgIpc) is 2.70. The Balaban J connectivity index is 2.16. The first-order valence-electron chi connectivity index (χ1n) is 5.31. The fourth-order valence-corrected chi connectivity index (χ4v) is 1.90. The Morgan fingerprint density at radius 1 is 1.44 bits per heavy atom. The Morgan fingerprint density at radius 3 is 2.72 bits per heavy atom. The van der Waals surface area contributed by atoms with Crippen LogP contribution in [0.2, 0.25) is 5.02 Å². The molecule has 0 saturated carbocycles. The molecule has 18 heavy (non-hydrogen) atoms. The number of hydrogen-bond donors (Lipinski definition) is 0. The highest BCUT2D eigenvalue weighted by atomic mass is 35.5. The first-order valence-corrected chi connectivity index (χ1v) is 5.69. The van der Waals surface area contributed by atoms with Gasteiger partial charge in [-0.1, -0.05) is 17.7 Å². The van der Waals surface area contributed by atoms with Crippen LogP contribution in [0.1, 0.15) is 16.1 Å². The standard InChI is InChI=1S/C12H12ClN3O2/c1-16-12(9(13)7-15-16)10(17)5-8-3-4-11(18-2)14-6-8/h3-4,6-7H,5H2,1-2H3. The molecule has 0 bridgehead atoms. The second-order valence-corrected chi connectivity index (χ2v) is 4.18. The van der Waals surface area contributed by atoms with Crippen molar-refractivity contribution < 1.29 is 9.53 Å². The van der Waals surface area contributed by atoms with Gasteiger partial charge < -0.3 is 4.74 Å². The number of hydrogen-bond acceptors (Lipinski definition) is 4. The van der Waals surface area contributed by atoms with Crippen molar-refractivity contribution in [2.45, 2.75) is 6.42 Å². The van der Waals surface area contributed by atoms with Crippen LogP contribution in [-0.4, -0.2) is 27.7 Å². The third-order valence-electron chi connectivity index (χ3n) is 2.53. The molecule has 0 aliphatic carbocycles. The van der Waals surface area contributed by atoms with E-state index in [1.54, 1.807) is 32.5 Å². The molecule has 0 aliphatic heterocycles. The molecule has 0 unspecified atom stereocenters. The van der Waals surface area contributed by atoms with E-state index in [1.165, 1.54) is 10.9 Å². The Labute approximate surface area is 109 Å². The number of halogens is 1. The molecule has 94 valence electrons. The van der Waals surface area contributed by atoms with E-state index in [-0.39, 0.29) is 12.2 Å². The maximum atomic E-state index is 12.1. The number of ketones is 1. The van der Waals surface area contributed by atoms with Crippen molar-refractivity contribution in [2.75, 3.05) is 7.11 Å². The van der Waals surface area contributed by atoms with Crippen LogP contribution in [0.4, 0.5) is 0 Å². The number of pyridine rings is 1. The SMILES string of the molecule is COc1ccc(CC(=O)c2c(Cl)cnn2C)cn1. The highest BCUT2D eigenvalue weighted by molar-refractivity contribution is 6.33. The number of methoxy groups -OCH3 is 1. The molecule has 2 rings (SSSR count). The molecule has 0 amide bonds. The molecule has 0 atom stereocenters. The minimum Gasteiger partial charge on any atom is -0.481 e. The second-order valence-electron chi connectivity index (χ2n) is 3.77. The van der Waals surface area contributed by atoms with Crippen LogP contribution in [0.25, 0.3) is 0 Å². The monoisotopic (exact) mass is 265 g/mol. The molecule has 0 aliphatic rings. The van der Waals surface area contributed by atoms with Gasteiger partial charge in [-0.2, -0.15) is 5.10 Å². The van der Waals surface area contributed by atoms with Crippen molar-refractivity contribution in [3.05, 3.63) is 40.8 Å². The van der Waals surface area contributed by atoms with Gasteiger partial charge in [0.05, 0.1) is 18.3 Å². The second kappa shape index (κ2) is 5.18. The van der Waals surface area contributed by atoms with Crippen molar-refractivity contribution in [1.82, 2.24) is 14.8 Å². The van der Waals surface area contributed by atoms with E-state index in [9.17, 15) is 4.79 Å². The van der Waals surface area contributed by atoms with E-state index < -0.39 is 0 Å². The number of aromatic nitrogens is 3. The highest BCUT2D eigenvalue weighted by Gasteiger charge is 2.16. The van der Waals surface area contributed by atoms with Crippen molar-refractivity contribution in [3.8, 4) is 5.88 Å². The lowest BCUT2D eigenvalue weighted by molar-refractivity contribution is 0.0984. The molecule has 0 aromatic carbocycles. The largest absolute Gasteiger partial charge is 0.481 e. The summed E-state index contributed by atoms with van der Waals surface area (Å²) >= 11 is 5.91. The van der Waals surface area contributed by atoms with E-state index >= 15 is 0 Å². The van der Waals surface area contributed by atoms with Crippen LogP contribution in [0.3, 0.4) is 0 Å². The van der Waals surface area contributed by atoms with Gasteiger partial charge >= 0.3 is 0 Å². The van der Waals surface area contributed by atoms with Crippen LogP contribution in [0.5, 0.6) is 5.88 Å². The minimum atomic E-state index is -0.0908. The van der Waals surface area contributed by atoms with Crippen LogP contribution in [-0.2, 0) is 13.5 Å². The number of ether oxygens (including phenoxy) is 1. The average molecular weight is 266 g/mol. The number of nitrogens with zero attached hydrogens (tertiary/aromatic N) is 3. The molecule has 0 N–H and O–H groups in total. The van der Waals surface area contributed by atoms with E-state index in [4.69, 9.17) is 16.3 Å². The third kappa shape index (κ3) is 2.51. The minimum absolute atomic E-state index is 0.0908. The first kappa shape index (κ1) is 12.6. The summed E-state index contributed by atoms with van der Waals surface area (Å²) < 4.78 is 6.43. The molecule has 6 heteroatoms. The number of carbonyl (C=O) groups is 1. The lowest BCUT2D eigenvalue weighted by Crippen LogP contribution is -2.10.